The third kappa shape index (κ3) is 6.43. The number of imidazole rings is 1. The predicted octanol–water partition coefficient (Wildman–Crippen LogP) is 3.54. The fourth-order valence-electron chi connectivity index (χ4n) is 8.30. The molecule has 0 bridgehead atoms. The maximum Gasteiger partial charge on any atom is 0.329 e. The number of fused-ring (bicyclic) bond motifs is 2. The highest BCUT2D eigenvalue weighted by molar-refractivity contribution is 7.18. The highest BCUT2D eigenvalue weighted by atomic mass is 32.1. The Balaban J connectivity index is 0.791. The van der Waals surface area contributed by atoms with Crippen LogP contribution in [0.3, 0.4) is 0 Å². The van der Waals surface area contributed by atoms with E-state index in [-0.39, 0.29) is 18.0 Å². The molecule has 0 radical (unpaired) electrons. The Morgan fingerprint density at radius 1 is 0.964 bits per heavy atom. The molecular weight excluding hydrogens is 731 g/mol. The smallest absolute Gasteiger partial charge is 0.329 e. The fourth-order valence-corrected chi connectivity index (χ4v) is 9.22. The van der Waals surface area contributed by atoms with E-state index in [1.165, 1.54) is 4.57 Å². The van der Waals surface area contributed by atoms with Gasteiger partial charge in [0.25, 0.3) is 0 Å². The van der Waals surface area contributed by atoms with E-state index in [1.54, 1.807) is 39.7 Å². The topological polar surface area (TPSA) is 183 Å². The van der Waals surface area contributed by atoms with E-state index in [9.17, 15) is 19.6 Å². The first-order valence-electron chi connectivity index (χ1n) is 19.0. The van der Waals surface area contributed by atoms with Crippen LogP contribution in [-0.4, -0.2) is 91.6 Å². The zero-order chi connectivity index (χ0) is 38.5. The van der Waals surface area contributed by atoms with Crippen molar-refractivity contribution < 1.29 is 9.59 Å². The van der Waals surface area contributed by atoms with Crippen LogP contribution in [0.5, 0.6) is 0 Å². The molecule has 6 aromatic rings. The number of rotatable bonds is 9. The van der Waals surface area contributed by atoms with Crippen molar-refractivity contribution in [2.45, 2.75) is 44.2 Å². The summed E-state index contributed by atoms with van der Waals surface area (Å²) < 4.78 is 4.91. The first-order valence-corrected chi connectivity index (χ1v) is 19.8. The third-order valence-electron chi connectivity index (χ3n) is 11.4. The van der Waals surface area contributed by atoms with Crippen LogP contribution in [0, 0.1) is 17.2 Å². The van der Waals surface area contributed by atoms with E-state index >= 15 is 0 Å². The minimum absolute atomic E-state index is 0.219. The van der Waals surface area contributed by atoms with E-state index in [0.717, 1.165) is 101 Å². The largest absolute Gasteiger partial charge is 0.387 e. The number of nitrogens with one attached hydrogen (secondary N) is 3. The Kier molecular flexibility index (Phi) is 9.22. The third-order valence-corrected chi connectivity index (χ3v) is 12.4. The summed E-state index contributed by atoms with van der Waals surface area (Å²) in [4.78, 5) is 47.0. The quantitative estimate of drug-likeness (QED) is 0.182. The number of carbonyl (C=O) groups is 2. The number of amides is 2. The molecule has 286 valence electrons. The standard InChI is InChI=1S/C39H41N13O3S/c1-41-29-17-30(31-5-4-27-15-24(18-40)20-44-52(27)31)43-21-28(29)37-46-47-38(56-37)49-13-10-25(11-14-49)42-19-23-9-12-50(22-23)26-3-6-32-34(16-26)48(2)39(55)51(32)33-7-8-35(53)45-36(33)54/h3-6,15-17,20-21,23,25,33,42H,7-14,19,22H2,1-2H3,(H,41,43)(H,45,53,54)/t23-,33?/m0/s1. The van der Waals surface area contributed by atoms with E-state index in [1.807, 2.05) is 49.6 Å². The molecule has 3 aliphatic heterocycles. The molecule has 8 heterocycles. The van der Waals surface area contributed by atoms with Crippen molar-refractivity contribution in [3.05, 3.63) is 70.9 Å². The number of benzene rings is 1. The summed E-state index contributed by atoms with van der Waals surface area (Å²) in [7, 11) is 3.62. The molecule has 56 heavy (non-hydrogen) atoms. The summed E-state index contributed by atoms with van der Waals surface area (Å²) in [5.74, 6) is -0.209. The molecule has 1 aromatic carbocycles. The molecule has 17 heteroatoms. The second-order valence-electron chi connectivity index (χ2n) is 14.8. The molecule has 0 aliphatic carbocycles. The Bertz CT molecular complexity index is 2590. The fraction of sp³-hybridized carbons (Fsp3) is 0.385. The summed E-state index contributed by atoms with van der Waals surface area (Å²) in [5.41, 5.74) is 7.01. The van der Waals surface area contributed by atoms with Crippen molar-refractivity contribution >= 4 is 56.2 Å². The number of hydrogen-bond acceptors (Lipinski definition) is 13. The van der Waals surface area contributed by atoms with Gasteiger partial charge in [-0.1, -0.05) is 11.3 Å². The predicted molar refractivity (Wildman–Crippen MR) is 214 cm³/mol. The number of pyridine rings is 1. The van der Waals surface area contributed by atoms with Crippen LogP contribution in [0.15, 0.2) is 59.7 Å². The highest BCUT2D eigenvalue weighted by Crippen LogP contribution is 2.36. The van der Waals surface area contributed by atoms with Gasteiger partial charge in [-0.15, -0.1) is 10.2 Å². The molecule has 16 nitrogen and oxygen atoms in total. The van der Waals surface area contributed by atoms with Gasteiger partial charge in [0.05, 0.1) is 45.3 Å². The van der Waals surface area contributed by atoms with Crippen molar-refractivity contribution in [1.29, 1.82) is 5.26 Å². The molecule has 0 spiro atoms. The zero-order valence-electron chi connectivity index (χ0n) is 31.1. The molecule has 2 atom stereocenters. The number of carbonyl (C=O) groups excluding carboxylic acids is 2. The molecule has 3 saturated heterocycles. The minimum Gasteiger partial charge on any atom is -0.387 e. The number of aryl methyl sites for hydroxylation is 1. The Labute approximate surface area is 325 Å². The molecule has 0 saturated carbocycles. The molecule has 9 rings (SSSR count). The lowest BCUT2D eigenvalue weighted by Crippen LogP contribution is -2.44. The maximum atomic E-state index is 13.2. The van der Waals surface area contributed by atoms with Crippen LogP contribution in [0.2, 0.25) is 0 Å². The van der Waals surface area contributed by atoms with Crippen LogP contribution in [0.25, 0.3) is 38.5 Å². The summed E-state index contributed by atoms with van der Waals surface area (Å²) in [6.07, 6.45) is 7.05. The molecule has 2 amide bonds. The lowest BCUT2D eigenvalue weighted by atomic mass is 10.0. The van der Waals surface area contributed by atoms with Gasteiger partial charge in [-0.05, 0) is 80.6 Å². The Morgan fingerprint density at radius 3 is 2.61 bits per heavy atom. The van der Waals surface area contributed by atoms with Gasteiger partial charge in [-0.25, -0.2) is 9.31 Å². The normalized spacial score (nSPS) is 19.2. The molecule has 5 aromatic heterocycles. The van der Waals surface area contributed by atoms with Gasteiger partial charge in [-0.2, -0.15) is 10.4 Å². The first kappa shape index (κ1) is 35.6. The second kappa shape index (κ2) is 14.5. The van der Waals surface area contributed by atoms with E-state index < -0.39 is 11.9 Å². The van der Waals surface area contributed by atoms with Crippen molar-refractivity contribution in [2.24, 2.45) is 13.0 Å². The Morgan fingerprint density at radius 2 is 1.80 bits per heavy atom. The number of hydrogen-bond donors (Lipinski definition) is 3. The van der Waals surface area contributed by atoms with Crippen LogP contribution >= 0.6 is 11.3 Å². The number of anilines is 3. The summed E-state index contributed by atoms with van der Waals surface area (Å²) in [6, 6.07) is 15.6. The lowest BCUT2D eigenvalue weighted by molar-refractivity contribution is -0.135. The number of nitrogens with zero attached hydrogens (tertiary/aromatic N) is 10. The van der Waals surface area contributed by atoms with Crippen molar-refractivity contribution in [3.8, 4) is 28.0 Å². The average Bonchev–Trinajstić information content (AvgIpc) is 4.04. The summed E-state index contributed by atoms with van der Waals surface area (Å²) in [6.45, 7) is 4.62. The van der Waals surface area contributed by atoms with Crippen LogP contribution < -0.4 is 31.4 Å². The number of imide groups is 1. The van der Waals surface area contributed by atoms with Crippen molar-refractivity contribution in [3.63, 3.8) is 0 Å². The minimum atomic E-state index is -0.689. The highest BCUT2D eigenvalue weighted by Gasteiger charge is 2.32. The Hall–Kier alpha value is -6.12. The van der Waals surface area contributed by atoms with E-state index in [2.05, 4.69) is 47.1 Å². The van der Waals surface area contributed by atoms with Gasteiger partial charge >= 0.3 is 5.69 Å². The monoisotopic (exact) mass is 771 g/mol. The van der Waals surface area contributed by atoms with Gasteiger partial charge in [-0.3, -0.25) is 29.0 Å². The molecular formula is C39H41N13O3S. The van der Waals surface area contributed by atoms with Crippen LogP contribution in [-0.2, 0) is 16.6 Å². The van der Waals surface area contributed by atoms with Gasteiger partial charge < -0.3 is 20.4 Å². The molecule has 3 fully saturated rings. The number of nitriles is 1. The summed E-state index contributed by atoms with van der Waals surface area (Å²) in [5, 5.41) is 34.0. The van der Waals surface area contributed by atoms with E-state index in [0.29, 0.717) is 29.5 Å². The van der Waals surface area contributed by atoms with Crippen molar-refractivity contribution in [1.82, 2.24) is 44.6 Å². The van der Waals surface area contributed by atoms with Crippen LogP contribution in [0.1, 0.15) is 43.7 Å². The van der Waals surface area contributed by atoms with Gasteiger partial charge in [0, 0.05) is 70.3 Å². The number of aromatic nitrogens is 7. The first-order chi connectivity index (χ1) is 27.3. The van der Waals surface area contributed by atoms with Crippen LogP contribution in [0.4, 0.5) is 16.5 Å². The zero-order valence-corrected chi connectivity index (χ0v) is 31.9. The average molecular weight is 772 g/mol. The number of piperidine rings is 2. The van der Waals surface area contributed by atoms with Crippen molar-refractivity contribution in [2.75, 3.05) is 54.9 Å². The van der Waals surface area contributed by atoms with Gasteiger partial charge in [0.1, 0.15) is 12.1 Å². The van der Waals surface area contributed by atoms with E-state index in [4.69, 9.17) is 4.98 Å². The SMILES string of the molecule is CNc1cc(-c2ccc3cc(C#N)cnn23)ncc1-c1nnc(N2CCC(NC[C@@H]3CCN(c4ccc5c(c4)n(C)c(=O)n5C4CCC(=O)NC4=O)C3)CC2)s1. The van der Waals surface area contributed by atoms with Gasteiger partial charge in [0.2, 0.25) is 16.9 Å². The summed E-state index contributed by atoms with van der Waals surface area (Å²) >= 11 is 1.58. The van der Waals surface area contributed by atoms with Gasteiger partial charge in [0.15, 0.2) is 5.01 Å². The maximum absolute atomic E-state index is 13.2. The molecule has 1 unspecified atom stereocenters. The molecule has 3 N–H and O–H groups in total. The molecule has 3 aliphatic rings. The second-order valence-corrected chi connectivity index (χ2v) is 15.7. The lowest BCUT2D eigenvalue weighted by Gasteiger charge is -2.32.